The highest BCUT2D eigenvalue weighted by molar-refractivity contribution is 7.07. The molecule has 1 unspecified atom stereocenters. The molecule has 1 atom stereocenters. The summed E-state index contributed by atoms with van der Waals surface area (Å²) in [5, 5.41) is 7.35. The van der Waals surface area contributed by atoms with Crippen LogP contribution in [0.3, 0.4) is 0 Å². The fourth-order valence-electron chi connectivity index (χ4n) is 2.72. The van der Waals surface area contributed by atoms with E-state index in [-0.39, 0.29) is 11.9 Å². The number of pyridine rings is 1. The highest BCUT2D eigenvalue weighted by atomic mass is 32.1. The standard InChI is InChI=1S/C16H19N3O2S/c1-21-16-14(3-2-6-17-16)15(20)18-13-4-7-19(10-13)9-12-5-8-22-11-12/h2-3,5-6,8,11,13H,4,7,9-10H2,1H3,(H,18,20). The number of ether oxygens (including phenoxy) is 1. The highest BCUT2D eigenvalue weighted by Gasteiger charge is 2.25. The van der Waals surface area contributed by atoms with Gasteiger partial charge in [-0.25, -0.2) is 4.98 Å². The van der Waals surface area contributed by atoms with E-state index in [0.717, 1.165) is 26.1 Å². The summed E-state index contributed by atoms with van der Waals surface area (Å²) in [4.78, 5) is 18.8. The molecular formula is C16H19N3O2S. The molecule has 2 aromatic rings. The van der Waals surface area contributed by atoms with E-state index in [1.54, 1.807) is 29.7 Å². The Kier molecular flexibility index (Phi) is 4.70. The molecule has 0 bridgehead atoms. The summed E-state index contributed by atoms with van der Waals surface area (Å²) >= 11 is 1.72. The van der Waals surface area contributed by atoms with Crippen molar-refractivity contribution in [2.24, 2.45) is 0 Å². The van der Waals surface area contributed by atoms with Gasteiger partial charge in [0.05, 0.1) is 7.11 Å². The van der Waals surface area contributed by atoms with Crippen LogP contribution in [-0.2, 0) is 6.54 Å². The first kappa shape index (κ1) is 15.0. The molecule has 0 spiro atoms. The Bertz CT molecular complexity index is 630. The molecule has 0 aromatic carbocycles. The van der Waals surface area contributed by atoms with E-state index in [1.807, 2.05) is 0 Å². The third kappa shape index (κ3) is 3.45. The molecule has 0 aliphatic carbocycles. The Balaban J connectivity index is 1.56. The number of aromatic nitrogens is 1. The average Bonchev–Trinajstić information content (AvgIpc) is 3.20. The number of rotatable bonds is 5. The lowest BCUT2D eigenvalue weighted by atomic mass is 10.2. The molecule has 5 nitrogen and oxygen atoms in total. The van der Waals surface area contributed by atoms with Gasteiger partial charge in [-0.15, -0.1) is 0 Å². The Morgan fingerprint density at radius 2 is 2.45 bits per heavy atom. The zero-order valence-electron chi connectivity index (χ0n) is 12.5. The van der Waals surface area contributed by atoms with Crippen LogP contribution in [0.5, 0.6) is 5.88 Å². The van der Waals surface area contributed by atoms with Crippen LogP contribution in [0.1, 0.15) is 22.3 Å². The van der Waals surface area contributed by atoms with Crippen LogP contribution in [0.15, 0.2) is 35.2 Å². The lowest BCUT2D eigenvalue weighted by molar-refractivity contribution is 0.0934. The zero-order valence-corrected chi connectivity index (χ0v) is 13.3. The number of carbonyl (C=O) groups is 1. The number of hydrogen-bond acceptors (Lipinski definition) is 5. The van der Waals surface area contributed by atoms with Gasteiger partial charge in [-0.05, 0) is 40.9 Å². The number of amides is 1. The van der Waals surface area contributed by atoms with Gasteiger partial charge in [0.25, 0.3) is 5.91 Å². The summed E-state index contributed by atoms with van der Waals surface area (Å²) in [6.45, 7) is 2.83. The molecular weight excluding hydrogens is 298 g/mol. The van der Waals surface area contributed by atoms with Crippen molar-refractivity contribution in [2.45, 2.75) is 19.0 Å². The molecule has 1 aliphatic heterocycles. The van der Waals surface area contributed by atoms with E-state index in [1.165, 1.54) is 12.7 Å². The van der Waals surface area contributed by atoms with Crippen molar-refractivity contribution in [1.29, 1.82) is 0 Å². The van der Waals surface area contributed by atoms with Crippen LogP contribution in [0.25, 0.3) is 0 Å². The normalized spacial score (nSPS) is 18.3. The topological polar surface area (TPSA) is 54.5 Å². The predicted molar refractivity (Wildman–Crippen MR) is 86.3 cm³/mol. The van der Waals surface area contributed by atoms with Gasteiger partial charge in [0.1, 0.15) is 5.56 Å². The number of thiophene rings is 1. The third-order valence-electron chi connectivity index (χ3n) is 3.80. The fourth-order valence-corrected chi connectivity index (χ4v) is 3.38. The minimum absolute atomic E-state index is 0.118. The number of methoxy groups -OCH3 is 1. The number of likely N-dealkylation sites (tertiary alicyclic amines) is 1. The summed E-state index contributed by atoms with van der Waals surface area (Å²) in [7, 11) is 1.53. The Morgan fingerprint density at radius 3 is 3.23 bits per heavy atom. The quantitative estimate of drug-likeness (QED) is 0.918. The molecule has 1 N–H and O–H groups in total. The van der Waals surface area contributed by atoms with Crippen molar-refractivity contribution in [3.05, 3.63) is 46.3 Å². The van der Waals surface area contributed by atoms with E-state index >= 15 is 0 Å². The molecule has 22 heavy (non-hydrogen) atoms. The average molecular weight is 317 g/mol. The first-order valence-corrected chi connectivity index (χ1v) is 8.24. The molecule has 1 amide bonds. The van der Waals surface area contributed by atoms with Gasteiger partial charge < -0.3 is 10.1 Å². The molecule has 116 valence electrons. The van der Waals surface area contributed by atoms with Crippen LogP contribution in [-0.4, -0.2) is 42.0 Å². The summed E-state index contributed by atoms with van der Waals surface area (Å²) < 4.78 is 5.14. The summed E-state index contributed by atoms with van der Waals surface area (Å²) in [5.41, 5.74) is 1.83. The van der Waals surface area contributed by atoms with Crippen LogP contribution < -0.4 is 10.1 Å². The fraction of sp³-hybridized carbons (Fsp3) is 0.375. The Labute approximate surface area is 133 Å². The number of hydrogen-bond donors (Lipinski definition) is 1. The monoisotopic (exact) mass is 317 g/mol. The Hall–Kier alpha value is -1.92. The number of nitrogens with one attached hydrogen (secondary N) is 1. The molecule has 0 saturated carbocycles. The third-order valence-corrected chi connectivity index (χ3v) is 4.54. The van der Waals surface area contributed by atoms with Crippen molar-refractivity contribution >= 4 is 17.2 Å². The van der Waals surface area contributed by atoms with Crippen LogP contribution in [0.4, 0.5) is 0 Å². The summed E-state index contributed by atoms with van der Waals surface area (Å²) in [6.07, 6.45) is 2.59. The number of carbonyl (C=O) groups excluding carboxylic acids is 1. The van der Waals surface area contributed by atoms with Gasteiger partial charge in [0, 0.05) is 31.9 Å². The van der Waals surface area contributed by atoms with E-state index in [9.17, 15) is 4.79 Å². The minimum Gasteiger partial charge on any atom is -0.480 e. The SMILES string of the molecule is COc1ncccc1C(=O)NC1CCN(Cc2ccsc2)C1. The minimum atomic E-state index is -0.118. The maximum Gasteiger partial charge on any atom is 0.257 e. The summed E-state index contributed by atoms with van der Waals surface area (Å²) in [6, 6.07) is 5.81. The second-order valence-corrected chi connectivity index (χ2v) is 6.17. The molecule has 1 saturated heterocycles. The van der Waals surface area contributed by atoms with Crippen LogP contribution in [0, 0.1) is 0 Å². The maximum atomic E-state index is 12.4. The molecule has 1 fully saturated rings. The van der Waals surface area contributed by atoms with Gasteiger partial charge in [0.2, 0.25) is 5.88 Å². The lowest BCUT2D eigenvalue weighted by Gasteiger charge is -2.16. The van der Waals surface area contributed by atoms with Gasteiger partial charge >= 0.3 is 0 Å². The molecule has 6 heteroatoms. The van der Waals surface area contributed by atoms with Gasteiger partial charge in [-0.1, -0.05) is 0 Å². The van der Waals surface area contributed by atoms with Gasteiger partial charge in [-0.2, -0.15) is 11.3 Å². The first-order valence-electron chi connectivity index (χ1n) is 7.29. The predicted octanol–water partition coefficient (Wildman–Crippen LogP) is 2.16. The van der Waals surface area contributed by atoms with Crippen molar-refractivity contribution in [1.82, 2.24) is 15.2 Å². The second kappa shape index (κ2) is 6.89. The zero-order chi connectivity index (χ0) is 15.4. The highest BCUT2D eigenvalue weighted by Crippen LogP contribution is 2.17. The van der Waals surface area contributed by atoms with E-state index in [2.05, 4.69) is 32.0 Å². The molecule has 3 heterocycles. The molecule has 3 rings (SSSR count). The summed E-state index contributed by atoms with van der Waals surface area (Å²) in [5.74, 6) is 0.250. The number of nitrogens with zero attached hydrogens (tertiary/aromatic N) is 2. The van der Waals surface area contributed by atoms with E-state index < -0.39 is 0 Å². The van der Waals surface area contributed by atoms with Crippen molar-refractivity contribution in [2.75, 3.05) is 20.2 Å². The molecule has 0 radical (unpaired) electrons. The smallest absolute Gasteiger partial charge is 0.257 e. The largest absolute Gasteiger partial charge is 0.480 e. The van der Waals surface area contributed by atoms with Crippen molar-refractivity contribution in [3.63, 3.8) is 0 Å². The lowest BCUT2D eigenvalue weighted by Crippen LogP contribution is -2.37. The molecule has 2 aromatic heterocycles. The van der Waals surface area contributed by atoms with Crippen molar-refractivity contribution in [3.8, 4) is 5.88 Å². The second-order valence-electron chi connectivity index (χ2n) is 5.39. The molecule has 1 aliphatic rings. The van der Waals surface area contributed by atoms with Crippen molar-refractivity contribution < 1.29 is 9.53 Å². The Morgan fingerprint density at radius 1 is 1.55 bits per heavy atom. The van der Waals surface area contributed by atoms with Gasteiger partial charge in [0.15, 0.2) is 0 Å². The van der Waals surface area contributed by atoms with E-state index in [0.29, 0.717) is 11.4 Å². The van der Waals surface area contributed by atoms with Gasteiger partial charge in [-0.3, -0.25) is 9.69 Å². The van der Waals surface area contributed by atoms with Crippen LogP contribution in [0.2, 0.25) is 0 Å². The first-order chi connectivity index (χ1) is 10.8. The van der Waals surface area contributed by atoms with E-state index in [4.69, 9.17) is 4.74 Å². The van der Waals surface area contributed by atoms with Crippen LogP contribution >= 0.6 is 11.3 Å². The maximum absolute atomic E-state index is 12.4.